The van der Waals surface area contributed by atoms with E-state index in [4.69, 9.17) is 16.1 Å². The van der Waals surface area contributed by atoms with Crippen molar-refractivity contribution in [3.63, 3.8) is 0 Å². The third kappa shape index (κ3) is 4.69. The third-order valence-corrected chi connectivity index (χ3v) is 5.63. The SMILES string of the molecule is Cc1onc(-c2ccccc2)c1C(=O)NC1CCN(Cc2ccc(Cl)cc2)CC1. The summed E-state index contributed by atoms with van der Waals surface area (Å²) in [6.07, 6.45) is 1.84. The molecule has 6 heteroatoms. The van der Waals surface area contributed by atoms with E-state index >= 15 is 0 Å². The topological polar surface area (TPSA) is 58.4 Å². The second-order valence-electron chi connectivity index (χ2n) is 7.48. The summed E-state index contributed by atoms with van der Waals surface area (Å²) in [6.45, 7) is 4.58. The number of nitrogens with one attached hydrogen (secondary N) is 1. The van der Waals surface area contributed by atoms with E-state index in [1.165, 1.54) is 5.56 Å². The molecule has 150 valence electrons. The summed E-state index contributed by atoms with van der Waals surface area (Å²) in [6, 6.07) is 17.8. The van der Waals surface area contributed by atoms with E-state index in [2.05, 4.69) is 27.5 Å². The molecular formula is C23H24ClN3O2. The molecule has 1 amide bonds. The number of amides is 1. The van der Waals surface area contributed by atoms with E-state index in [9.17, 15) is 4.79 Å². The summed E-state index contributed by atoms with van der Waals surface area (Å²) < 4.78 is 5.32. The predicted molar refractivity (Wildman–Crippen MR) is 114 cm³/mol. The van der Waals surface area contributed by atoms with Gasteiger partial charge in [0.15, 0.2) is 0 Å². The van der Waals surface area contributed by atoms with Crippen molar-refractivity contribution in [2.45, 2.75) is 32.4 Å². The highest BCUT2D eigenvalue weighted by molar-refractivity contribution is 6.30. The number of likely N-dealkylation sites (tertiary alicyclic amines) is 1. The molecule has 0 aliphatic carbocycles. The van der Waals surface area contributed by atoms with Crippen molar-refractivity contribution >= 4 is 17.5 Å². The Hall–Kier alpha value is -2.63. The van der Waals surface area contributed by atoms with Crippen LogP contribution in [0.15, 0.2) is 59.1 Å². The van der Waals surface area contributed by atoms with E-state index in [1.54, 1.807) is 6.92 Å². The van der Waals surface area contributed by atoms with Gasteiger partial charge in [-0.05, 0) is 37.5 Å². The average molecular weight is 410 g/mol. The number of aromatic nitrogens is 1. The molecule has 1 N–H and O–H groups in total. The first kappa shape index (κ1) is 19.7. The van der Waals surface area contributed by atoms with Crippen LogP contribution in [0.4, 0.5) is 0 Å². The first-order chi connectivity index (χ1) is 14.1. The van der Waals surface area contributed by atoms with E-state index in [-0.39, 0.29) is 11.9 Å². The fourth-order valence-corrected chi connectivity index (χ4v) is 3.90. The van der Waals surface area contributed by atoms with Gasteiger partial charge in [-0.1, -0.05) is 59.2 Å². The Morgan fingerprint density at radius 3 is 2.52 bits per heavy atom. The molecule has 1 aliphatic heterocycles. The molecule has 0 bridgehead atoms. The fourth-order valence-electron chi connectivity index (χ4n) is 3.77. The molecule has 3 aromatic rings. The van der Waals surface area contributed by atoms with Crippen molar-refractivity contribution in [1.29, 1.82) is 0 Å². The Labute approximate surface area is 175 Å². The summed E-state index contributed by atoms with van der Waals surface area (Å²) >= 11 is 5.96. The van der Waals surface area contributed by atoms with Gasteiger partial charge in [0.1, 0.15) is 17.0 Å². The summed E-state index contributed by atoms with van der Waals surface area (Å²) in [7, 11) is 0. The minimum absolute atomic E-state index is 0.112. The van der Waals surface area contributed by atoms with Crippen molar-refractivity contribution in [3.8, 4) is 11.3 Å². The maximum absolute atomic E-state index is 13.0. The molecule has 1 saturated heterocycles. The molecule has 0 spiro atoms. The quantitative estimate of drug-likeness (QED) is 0.663. The molecule has 1 fully saturated rings. The number of piperidine rings is 1. The van der Waals surface area contributed by atoms with Gasteiger partial charge in [0.05, 0.1) is 0 Å². The predicted octanol–water partition coefficient (Wildman–Crippen LogP) is 4.70. The first-order valence-corrected chi connectivity index (χ1v) is 10.3. The van der Waals surface area contributed by atoms with Gasteiger partial charge in [0, 0.05) is 36.3 Å². The zero-order chi connectivity index (χ0) is 20.2. The Kier molecular flexibility index (Phi) is 5.97. The van der Waals surface area contributed by atoms with Gasteiger partial charge < -0.3 is 9.84 Å². The molecule has 0 saturated carbocycles. The number of aryl methyl sites for hydroxylation is 1. The maximum Gasteiger partial charge on any atom is 0.257 e. The molecule has 2 aromatic carbocycles. The average Bonchev–Trinajstić information content (AvgIpc) is 3.13. The van der Waals surface area contributed by atoms with Crippen LogP contribution in [-0.2, 0) is 6.54 Å². The number of hydrogen-bond acceptors (Lipinski definition) is 4. The zero-order valence-electron chi connectivity index (χ0n) is 16.4. The van der Waals surface area contributed by atoms with Crippen molar-refractivity contribution in [3.05, 3.63) is 76.5 Å². The molecule has 2 heterocycles. The molecule has 29 heavy (non-hydrogen) atoms. The lowest BCUT2D eigenvalue weighted by molar-refractivity contribution is 0.0908. The van der Waals surface area contributed by atoms with Gasteiger partial charge in [-0.25, -0.2) is 0 Å². The lowest BCUT2D eigenvalue weighted by Crippen LogP contribution is -2.44. The molecule has 1 aromatic heterocycles. The normalized spacial score (nSPS) is 15.4. The molecule has 0 unspecified atom stereocenters. The van der Waals surface area contributed by atoms with Gasteiger partial charge >= 0.3 is 0 Å². The summed E-state index contributed by atoms with van der Waals surface area (Å²) in [5, 5.41) is 8.05. The number of rotatable bonds is 5. The van der Waals surface area contributed by atoms with Gasteiger partial charge in [0.25, 0.3) is 5.91 Å². The molecule has 1 aliphatic rings. The van der Waals surface area contributed by atoms with Crippen LogP contribution in [0.3, 0.4) is 0 Å². The van der Waals surface area contributed by atoms with Crippen LogP contribution >= 0.6 is 11.6 Å². The van der Waals surface area contributed by atoms with Crippen LogP contribution in [0, 0.1) is 6.92 Å². The van der Waals surface area contributed by atoms with E-state index < -0.39 is 0 Å². The second kappa shape index (κ2) is 8.80. The van der Waals surface area contributed by atoms with Crippen LogP contribution in [0.1, 0.15) is 34.5 Å². The number of nitrogens with zero attached hydrogens (tertiary/aromatic N) is 2. The summed E-state index contributed by atoms with van der Waals surface area (Å²) in [4.78, 5) is 15.4. The molecular weight excluding hydrogens is 386 g/mol. The van der Waals surface area contributed by atoms with Crippen molar-refractivity contribution in [2.24, 2.45) is 0 Å². The highest BCUT2D eigenvalue weighted by atomic mass is 35.5. The lowest BCUT2D eigenvalue weighted by atomic mass is 10.0. The molecule has 0 radical (unpaired) electrons. The van der Waals surface area contributed by atoms with Gasteiger partial charge in [-0.15, -0.1) is 0 Å². The van der Waals surface area contributed by atoms with Gasteiger partial charge in [-0.2, -0.15) is 0 Å². The molecule has 5 nitrogen and oxygen atoms in total. The number of carbonyl (C=O) groups is 1. The highest BCUT2D eigenvalue weighted by Crippen LogP contribution is 2.25. The standard InChI is InChI=1S/C23H24ClN3O2/c1-16-21(22(26-29-16)18-5-3-2-4-6-18)23(28)25-20-11-13-27(14-12-20)15-17-7-9-19(24)10-8-17/h2-10,20H,11-15H2,1H3,(H,25,28). The van der Waals surface area contributed by atoms with Crippen LogP contribution in [-0.4, -0.2) is 35.1 Å². The number of halogens is 1. The minimum Gasteiger partial charge on any atom is -0.360 e. The Morgan fingerprint density at radius 1 is 1.14 bits per heavy atom. The largest absolute Gasteiger partial charge is 0.360 e. The van der Waals surface area contributed by atoms with Crippen LogP contribution in [0.2, 0.25) is 5.02 Å². The van der Waals surface area contributed by atoms with E-state index in [0.717, 1.165) is 43.1 Å². The first-order valence-electron chi connectivity index (χ1n) is 9.89. The van der Waals surface area contributed by atoms with Crippen LogP contribution < -0.4 is 5.32 Å². The zero-order valence-corrected chi connectivity index (χ0v) is 17.2. The van der Waals surface area contributed by atoms with Crippen LogP contribution in [0.5, 0.6) is 0 Å². The lowest BCUT2D eigenvalue weighted by Gasteiger charge is -2.32. The maximum atomic E-state index is 13.0. The van der Waals surface area contributed by atoms with Crippen molar-refractivity contribution < 1.29 is 9.32 Å². The summed E-state index contributed by atoms with van der Waals surface area (Å²) in [5.41, 5.74) is 3.26. The van der Waals surface area contributed by atoms with E-state index in [0.29, 0.717) is 17.0 Å². The summed E-state index contributed by atoms with van der Waals surface area (Å²) in [5.74, 6) is 0.431. The van der Waals surface area contributed by atoms with Gasteiger partial charge in [0.2, 0.25) is 0 Å². The number of carbonyl (C=O) groups excluding carboxylic acids is 1. The minimum atomic E-state index is -0.112. The Bertz CT molecular complexity index is 962. The number of hydrogen-bond donors (Lipinski definition) is 1. The Morgan fingerprint density at radius 2 is 1.83 bits per heavy atom. The number of benzene rings is 2. The van der Waals surface area contributed by atoms with Crippen molar-refractivity contribution in [2.75, 3.05) is 13.1 Å². The highest BCUT2D eigenvalue weighted by Gasteiger charge is 2.26. The van der Waals surface area contributed by atoms with Gasteiger partial charge in [-0.3, -0.25) is 9.69 Å². The molecule has 4 rings (SSSR count). The fraction of sp³-hybridized carbons (Fsp3) is 0.304. The van der Waals surface area contributed by atoms with Crippen LogP contribution in [0.25, 0.3) is 11.3 Å². The Balaban J connectivity index is 1.36. The second-order valence-corrected chi connectivity index (χ2v) is 7.92. The third-order valence-electron chi connectivity index (χ3n) is 5.38. The molecule has 0 atom stereocenters. The van der Waals surface area contributed by atoms with E-state index in [1.807, 2.05) is 42.5 Å². The monoisotopic (exact) mass is 409 g/mol. The van der Waals surface area contributed by atoms with Crippen molar-refractivity contribution in [1.82, 2.24) is 15.4 Å². The smallest absolute Gasteiger partial charge is 0.257 e.